The van der Waals surface area contributed by atoms with Gasteiger partial charge in [0, 0.05) is 12.0 Å². The van der Waals surface area contributed by atoms with E-state index in [1.54, 1.807) is 0 Å². The summed E-state index contributed by atoms with van der Waals surface area (Å²) in [5.74, 6) is -0.528. The Morgan fingerprint density at radius 2 is 2.00 bits per heavy atom. The van der Waals surface area contributed by atoms with Crippen LogP contribution in [0.3, 0.4) is 0 Å². The van der Waals surface area contributed by atoms with Gasteiger partial charge < -0.3 is 9.90 Å². The van der Waals surface area contributed by atoms with Crippen molar-refractivity contribution in [3.05, 3.63) is 12.7 Å². The summed E-state index contributed by atoms with van der Waals surface area (Å²) in [6.45, 7) is 2.96. The maximum absolute atomic E-state index is 9.57. The van der Waals surface area contributed by atoms with Crippen molar-refractivity contribution in [1.82, 2.24) is 0 Å². The second-order valence-electron chi connectivity index (χ2n) is 2.02. The lowest BCUT2D eigenvalue weighted by molar-refractivity contribution is -0.131. The van der Waals surface area contributed by atoms with Gasteiger partial charge in [-0.2, -0.15) is 0 Å². The Morgan fingerprint density at radius 1 is 1.60 bits per heavy atom. The molecule has 0 amide bonds. The van der Waals surface area contributed by atoms with Crippen molar-refractivity contribution in [3.8, 4) is 0 Å². The third-order valence-corrected chi connectivity index (χ3v) is 0.989. The topological polar surface area (TPSA) is 54.4 Å². The monoisotopic (exact) mass is 142 g/mol. The summed E-state index contributed by atoms with van der Waals surface area (Å²) in [4.78, 5) is 18.8. The zero-order valence-corrected chi connectivity index (χ0v) is 5.62. The molecule has 0 spiro atoms. The molecular formula is C7H10O3. The Hall–Kier alpha value is -1.12. The van der Waals surface area contributed by atoms with Crippen LogP contribution in [0.25, 0.3) is 0 Å². The first-order valence-electron chi connectivity index (χ1n) is 3.01. The van der Waals surface area contributed by atoms with Gasteiger partial charge in [0.15, 0.2) is 0 Å². The van der Waals surface area contributed by atoms with Gasteiger partial charge >= 0.3 is 5.97 Å². The smallest absolute Gasteiger partial charge is 0.327 e. The number of hydrogen-bond donors (Lipinski definition) is 1. The van der Waals surface area contributed by atoms with Crippen LogP contribution in [0.4, 0.5) is 0 Å². The predicted octanol–water partition coefficient (Wildman–Crippen LogP) is 0.852. The summed E-state index contributed by atoms with van der Waals surface area (Å²) >= 11 is 0. The van der Waals surface area contributed by atoms with Gasteiger partial charge in [-0.05, 0) is 12.8 Å². The van der Waals surface area contributed by atoms with Gasteiger partial charge in [-0.25, -0.2) is 4.79 Å². The molecule has 0 unspecified atom stereocenters. The second-order valence-corrected chi connectivity index (χ2v) is 2.02. The minimum atomic E-state index is -0.981. The Balaban J connectivity index is 0.000000162. The molecule has 0 aromatic rings. The van der Waals surface area contributed by atoms with Crippen LogP contribution in [0.15, 0.2) is 12.7 Å². The molecule has 0 heterocycles. The van der Waals surface area contributed by atoms with Gasteiger partial charge in [0.25, 0.3) is 0 Å². The second kappa shape index (κ2) is 4.73. The van der Waals surface area contributed by atoms with Crippen LogP contribution < -0.4 is 0 Å². The molecule has 1 rings (SSSR count). The normalized spacial score (nSPS) is 14.4. The van der Waals surface area contributed by atoms with Gasteiger partial charge in [-0.15, -0.1) is 0 Å². The van der Waals surface area contributed by atoms with E-state index >= 15 is 0 Å². The molecule has 0 radical (unpaired) electrons. The first-order valence-corrected chi connectivity index (χ1v) is 3.01. The van der Waals surface area contributed by atoms with E-state index in [1.807, 2.05) is 0 Å². The molecule has 1 aliphatic carbocycles. The Morgan fingerprint density at radius 3 is 2.00 bits per heavy atom. The summed E-state index contributed by atoms with van der Waals surface area (Å²) in [5, 5.41) is 7.60. The van der Waals surface area contributed by atoms with Crippen LogP contribution in [-0.4, -0.2) is 17.4 Å². The molecule has 1 N–H and O–H groups in total. The summed E-state index contributed by atoms with van der Waals surface area (Å²) < 4.78 is 0. The molecule has 0 aliphatic heterocycles. The van der Waals surface area contributed by atoms with Gasteiger partial charge in [0.1, 0.15) is 6.29 Å². The Labute approximate surface area is 59.4 Å². The molecule has 56 valence electrons. The maximum Gasteiger partial charge on any atom is 0.327 e. The SMILES string of the molecule is C=CC(=O)O.O=CC1CC1. The molecule has 0 bridgehead atoms. The lowest BCUT2D eigenvalue weighted by atomic mass is 10.5. The van der Waals surface area contributed by atoms with E-state index in [0.717, 1.165) is 25.2 Å². The minimum Gasteiger partial charge on any atom is -0.478 e. The minimum absolute atomic E-state index is 0.454. The zero-order valence-electron chi connectivity index (χ0n) is 5.62. The van der Waals surface area contributed by atoms with Crippen molar-refractivity contribution in [2.45, 2.75) is 12.8 Å². The standard InChI is InChI=1S/C4H6O.C3H4O2/c5-3-4-1-2-4;1-2-3(4)5/h3-4H,1-2H2;2H,1H2,(H,4,5). The Bertz CT molecular complexity index is 136. The van der Waals surface area contributed by atoms with Gasteiger partial charge in [-0.3, -0.25) is 0 Å². The van der Waals surface area contributed by atoms with E-state index in [4.69, 9.17) is 5.11 Å². The van der Waals surface area contributed by atoms with Gasteiger partial charge in [0.05, 0.1) is 0 Å². The average molecular weight is 142 g/mol. The first kappa shape index (κ1) is 8.88. The van der Waals surface area contributed by atoms with Crippen molar-refractivity contribution in [2.24, 2.45) is 5.92 Å². The van der Waals surface area contributed by atoms with Crippen molar-refractivity contribution >= 4 is 12.3 Å². The number of carbonyl (C=O) groups excluding carboxylic acids is 1. The predicted molar refractivity (Wildman–Crippen MR) is 36.6 cm³/mol. The number of rotatable bonds is 2. The van der Waals surface area contributed by atoms with Crippen molar-refractivity contribution in [1.29, 1.82) is 0 Å². The highest BCUT2D eigenvalue weighted by atomic mass is 16.4. The quantitative estimate of drug-likeness (QED) is 0.459. The fourth-order valence-electron chi connectivity index (χ4n) is 0.232. The molecule has 0 atom stereocenters. The van der Waals surface area contributed by atoms with Gasteiger partial charge in [0.2, 0.25) is 0 Å². The molecule has 1 aliphatic rings. The van der Waals surface area contributed by atoms with E-state index in [-0.39, 0.29) is 0 Å². The molecule has 0 aromatic carbocycles. The summed E-state index contributed by atoms with van der Waals surface area (Å²) in [7, 11) is 0. The van der Waals surface area contributed by atoms with Crippen LogP contribution in [-0.2, 0) is 9.59 Å². The summed E-state index contributed by atoms with van der Waals surface area (Å²) in [6, 6.07) is 0. The number of aliphatic carboxylic acids is 1. The lowest BCUT2D eigenvalue weighted by Gasteiger charge is -1.64. The van der Waals surface area contributed by atoms with Crippen LogP contribution in [0.1, 0.15) is 12.8 Å². The number of carboxylic acid groups (broad SMARTS) is 1. The third kappa shape index (κ3) is 6.88. The Kier molecular flexibility index (Phi) is 4.20. The third-order valence-electron chi connectivity index (χ3n) is 0.989. The highest BCUT2D eigenvalue weighted by Gasteiger charge is 2.18. The van der Waals surface area contributed by atoms with Crippen LogP contribution in [0, 0.1) is 5.92 Å². The molecule has 0 saturated heterocycles. The fraction of sp³-hybridized carbons (Fsp3) is 0.429. The summed E-state index contributed by atoms with van der Waals surface area (Å²) in [6.07, 6.45) is 4.15. The van der Waals surface area contributed by atoms with E-state index in [0.29, 0.717) is 5.92 Å². The molecule has 3 heteroatoms. The number of carboxylic acids is 1. The molecule has 3 nitrogen and oxygen atoms in total. The molecule has 1 fully saturated rings. The average Bonchev–Trinajstić information content (AvgIpc) is 2.70. The molecule has 0 aromatic heterocycles. The zero-order chi connectivity index (χ0) is 7.98. The van der Waals surface area contributed by atoms with Gasteiger partial charge in [-0.1, -0.05) is 6.58 Å². The molecule has 10 heavy (non-hydrogen) atoms. The molecule has 1 saturated carbocycles. The van der Waals surface area contributed by atoms with E-state index in [9.17, 15) is 9.59 Å². The van der Waals surface area contributed by atoms with E-state index < -0.39 is 5.97 Å². The highest BCUT2D eigenvalue weighted by molar-refractivity contribution is 5.78. The van der Waals surface area contributed by atoms with Crippen LogP contribution in [0.2, 0.25) is 0 Å². The first-order chi connectivity index (χ1) is 4.70. The highest BCUT2D eigenvalue weighted by Crippen LogP contribution is 2.25. The van der Waals surface area contributed by atoms with Crippen molar-refractivity contribution in [2.75, 3.05) is 0 Å². The number of hydrogen-bond acceptors (Lipinski definition) is 2. The molecular weight excluding hydrogens is 132 g/mol. The summed E-state index contributed by atoms with van der Waals surface area (Å²) in [5.41, 5.74) is 0. The number of carbonyl (C=O) groups is 2. The lowest BCUT2D eigenvalue weighted by Crippen LogP contribution is -1.82. The van der Waals surface area contributed by atoms with Crippen LogP contribution in [0.5, 0.6) is 0 Å². The van der Waals surface area contributed by atoms with E-state index in [2.05, 4.69) is 6.58 Å². The van der Waals surface area contributed by atoms with E-state index in [1.165, 1.54) is 0 Å². The largest absolute Gasteiger partial charge is 0.478 e. The fourth-order valence-corrected chi connectivity index (χ4v) is 0.232. The number of aldehydes is 1. The van der Waals surface area contributed by atoms with Crippen molar-refractivity contribution in [3.63, 3.8) is 0 Å². The van der Waals surface area contributed by atoms with Crippen LogP contribution >= 0.6 is 0 Å². The van der Waals surface area contributed by atoms with Crippen molar-refractivity contribution < 1.29 is 14.7 Å². The maximum atomic E-state index is 9.57.